The van der Waals surface area contributed by atoms with Gasteiger partial charge in [0.1, 0.15) is 11.5 Å². The van der Waals surface area contributed by atoms with E-state index in [1.165, 1.54) is 0 Å². The van der Waals surface area contributed by atoms with Crippen LogP contribution < -0.4 is 0 Å². The molecule has 118 valence electrons. The van der Waals surface area contributed by atoms with E-state index in [0.717, 1.165) is 19.2 Å². The zero-order valence-electron chi connectivity index (χ0n) is 13.0. The summed E-state index contributed by atoms with van der Waals surface area (Å²) in [6.07, 6.45) is 2.31. The van der Waals surface area contributed by atoms with Crippen molar-refractivity contribution in [2.75, 3.05) is 12.8 Å². The molecule has 1 saturated carbocycles. The number of sulfone groups is 1. The van der Waals surface area contributed by atoms with E-state index in [4.69, 9.17) is 4.42 Å². The van der Waals surface area contributed by atoms with Crippen LogP contribution in [0.5, 0.6) is 0 Å². The summed E-state index contributed by atoms with van der Waals surface area (Å²) in [5, 5.41) is 0. The lowest BCUT2D eigenvalue weighted by Crippen LogP contribution is -2.38. The number of furan rings is 1. The quantitative estimate of drug-likeness (QED) is 0.808. The van der Waals surface area contributed by atoms with Crippen molar-refractivity contribution < 1.29 is 17.6 Å². The van der Waals surface area contributed by atoms with Crippen LogP contribution in [0.25, 0.3) is 0 Å². The highest BCUT2D eigenvalue weighted by Gasteiger charge is 2.36. The average Bonchev–Trinajstić information content (AvgIpc) is 2.84. The molecule has 1 aromatic rings. The van der Waals surface area contributed by atoms with Crippen LogP contribution in [0.3, 0.4) is 0 Å². The third-order valence-electron chi connectivity index (χ3n) is 3.87. The lowest BCUT2D eigenvalue weighted by Gasteiger charge is -2.26. The van der Waals surface area contributed by atoms with Gasteiger partial charge in [-0.15, -0.1) is 0 Å². The zero-order valence-corrected chi connectivity index (χ0v) is 13.8. The molecule has 1 fully saturated rings. The molecular formula is C15H23NO4S. The van der Waals surface area contributed by atoms with Crippen molar-refractivity contribution in [2.45, 2.75) is 39.0 Å². The Labute approximate surface area is 126 Å². The molecule has 1 amide bonds. The Balaban J connectivity index is 2.09. The summed E-state index contributed by atoms with van der Waals surface area (Å²) in [4.78, 5) is 14.3. The molecule has 0 unspecified atom stereocenters. The molecule has 0 radical (unpaired) electrons. The highest BCUT2D eigenvalue weighted by atomic mass is 32.2. The Morgan fingerprint density at radius 1 is 1.43 bits per heavy atom. The van der Waals surface area contributed by atoms with Crippen LogP contribution in [0, 0.1) is 11.8 Å². The topological polar surface area (TPSA) is 67.6 Å². The molecule has 0 spiro atoms. The predicted octanol–water partition coefficient (Wildman–Crippen LogP) is 2.33. The van der Waals surface area contributed by atoms with Gasteiger partial charge in [-0.1, -0.05) is 6.92 Å². The molecule has 6 heteroatoms. The van der Waals surface area contributed by atoms with Crippen LogP contribution in [-0.4, -0.2) is 38.1 Å². The van der Waals surface area contributed by atoms with E-state index in [0.29, 0.717) is 17.6 Å². The monoisotopic (exact) mass is 313 g/mol. The Hall–Kier alpha value is -1.30. The van der Waals surface area contributed by atoms with Crippen molar-refractivity contribution in [3.63, 3.8) is 0 Å². The molecule has 5 nitrogen and oxygen atoms in total. The van der Waals surface area contributed by atoms with Gasteiger partial charge >= 0.3 is 0 Å². The van der Waals surface area contributed by atoms with E-state index in [1.54, 1.807) is 17.0 Å². The second-order valence-corrected chi connectivity index (χ2v) is 8.50. The van der Waals surface area contributed by atoms with Crippen LogP contribution in [0.1, 0.15) is 43.5 Å². The molecule has 0 aliphatic heterocycles. The van der Waals surface area contributed by atoms with Gasteiger partial charge in [0, 0.05) is 18.8 Å². The summed E-state index contributed by atoms with van der Waals surface area (Å²) in [7, 11) is -3.16. The summed E-state index contributed by atoms with van der Waals surface area (Å²) in [5.41, 5.74) is 0. The first-order valence-electron chi connectivity index (χ1n) is 7.25. The third-order valence-corrected chi connectivity index (χ3v) is 4.68. The van der Waals surface area contributed by atoms with E-state index in [1.807, 2.05) is 13.8 Å². The maximum atomic E-state index is 12.5. The summed E-state index contributed by atoms with van der Waals surface area (Å²) >= 11 is 0. The minimum atomic E-state index is -3.16. The van der Waals surface area contributed by atoms with Gasteiger partial charge in [0.2, 0.25) is 0 Å². The summed E-state index contributed by atoms with van der Waals surface area (Å²) in [6, 6.07) is 3.22. The van der Waals surface area contributed by atoms with Crippen molar-refractivity contribution in [1.29, 1.82) is 0 Å². The van der Waals surface area contributed by atoms with Gasteiger partial charge in [0.05, 0.1) is 0 Å². The van der Waals surface area contributed by atoms with Crippen LogP contribution in [0.15, 0.2) is 16.5 Å². The molecule has 21 heavy (non-hydrogen) atoms. The van der Waals surface area contributed by atoms with E-state index >= 15 is 0 Å². The second-order valence-electron chi connectivity index (χ2n) is 6.36. The van der Waals surface area contributed by atoms with Gasteiger partial charge in [-0.25, -0.2) is 8.42 Å². The first kappa shape index (κ1) is 16.1. The number of nitrogens with zero attached hydrogens (tertiary/aromatic N) is 1. The number of carbonyl (C=O) groups excluding carboxylic acids is 1. The fraction of sp³-hybridized carbons (Fsp3) is 0.667. The van der Waals surface area contributed by atoms with E-state index in [9.17, 15) is 13.2 Å². The van der Waals surface area contributed by atoms with Gasteiger partial charge in [-0.3, -0.25) is 4.79 Å². The third kappa shape index (κ3) is 4.33. The highest BCUT2D eigenvalue weighted by molar-refractivity contribution is 7.89. The van der Waals surface area contributed by atoms with Gasteiger partial charge in [-0.2, -0.15) is 0 Å². The van der Waals surface area contributed by atoms with Crippen molar-refractivity contribution in [3.05, 3.63) is 23.7 Å². The summed E-state index contributed by atoms with van der Waals surface area (Å²) in [5.74, 6) is 1.43. The predicted molar refractivity (Wildman–Crippen MR) is 80.7 cm³/mol. The number of hydrogen-bond acceptors (Lipinski definition) is 4. The molecular weight excluding hydrogens is 290 g/mol. The molecule has 0 N–H and O–H groups in total. The molecule has 1 heterocycles. The van der Waals surface area contributed by atoms with Crippen molar-refractivity contribution in [2.24, 2.45) is 11.8 Å². The van der Waals surface area contributed by atoms with Crippen molar-refractivity contribution in [1.82, 2.24) is 4.90 Å². The maximum Gasteiger partial charge on any atom is 0.289 e. The van der Waals surface area contributed by atoms with E-state index in [-0.39, 0.29) is 23.5 Å². The van der Waals surface area contributed by atoms with Gasteiger partial charge in [0.15, 0.2) is 15.6 Å². The highest BCUT2D eigenvalue weighted by Crippen LogP contribution is 2.38. The molecule has 1 aliphatic rings. The summed E-state index contributed by atoms with van der Waals surface area (Å²) in [6.45, 7) is 6.88. The minimum Gasteiger partial charge on any atom is -0.455 e. The SMILES string of the molecule is CC(C)N(C[C@@H]1C[C@H]1C)C(=O)c1ccc(CS(C)(=O)=O)o1. The smallest absolute Gasteiger partial charge is 0.289 e. The largest absolute Gasteiger partial charge is 0.455 e. The lowest BCUT2D eigenvalue weighted by molar-refractivity contribution is 0.0659. The molecule has 1 aliphatic carbocycles. The van der Waals surface area contributed by atoms with Crippen molar-refractivity contribution in [3.8, 4) is 0 Å². The van der Waals surface area contributed by atoms with Gasteiger partial charge in [0.25, 0.3) is 5.91 Å². The Kier molecular flexibility index (Phi) is 4.46. The first-order chi connectivity index (χ1) is 9.67. The fourth-order valence-electron chi connectivity index (χ4n) is 2.40. The maximum absolute atomic E-state index is 12.5. The standard InChI is InChI=1S/C15H23NO4S/c1-10(2)16(8-12-7-11(12)3)15(17)14-6-5-13(20-14)9-21(4,18)19/h5-6,10-12H,7-9H2,1-4H3/t11-,12+/m1/s1. The minimum absolute atomic E-state index is 0.0914. The van der Waals surface area contributed by atoms with E-state index in [2.05, 4.69) is 6.92 Å². The Morgan fingerprint density at radius 2 is 2.05 bits per heavy atom. The first-order valence-corrected chi connectivity index (χ1v) is 9.31. The van der Waals surface area contributed by atoms with Gasteiger partial charge < -0.3 is 9.32 Å². The number of carbonyl (C=O) groups is 1. The number of hydrogen-bond donors (Lipinski definition) is 0. The molecule has 1 aromatic heterocycles. The van der Waals surface area contributed by atoms with Gasteiger partial charge in [-0.05, 0) is 44.2 Å². The molecule has 0 bridgehead atoms. The lowest BCUT2D eigenvalue weighted by atomic mass is 10.2. The molecule has 0 saturated heterocycles. The van der Waals surface area contributed by atoms with Crippen LogP contribution >= 0.6 is 0 Å². The van der Waals surface area contributed by atoms with Crippen LogP contribution in [0.2, 0.25) is 0 Å². The second kappa shape index (κ2) is 5.83. The van der Waals surface area contributed by atoms with E-state index < -0.39 is 9.84 Å². The zero-order chi connectivity index (χ0) is 15.8. The number of rotatable bonds is 6. The van der Waals surface area contributed by atoms with Crippen molar-refractivity contribution >= 4 is 15.7 Å². The summed E-state index contributed by atoms with van der Waals surface area (Å²) < 4.78 is 27.9. The van der Waals surface area contributed by atoms with Crippen LogP contribution in [0.4, 0.5) is 0 Å². The Bertz CT molecular complexity index is 617. The van der Waals surface area contributed by atoms with Crippen LogP contribution in [-0.2, 0) is 15.6 Å². The normalized spacial score (nSPS) is 21.6. The molecule has 0 aromatic carbocycles. The average molecular weight is 313 g/mol. The number of amides is 1. The molecule has 2 atom stereocenters. The Morgan fingerprint density at radius 3 is 2.52 bits per heavy atom. The fourth-order valence-corrected chi connectivity index (χ4v) is 3.08. The molecule has 2 rings (SSSR count).